The number of benzene rings is 1. The number of hydrogen-bond acceptors (Lipinski definition) is 6. The summed E-state index contributed by atoms with van der Waals surface area (Å²) in [6, 6.07) is 1.74. The van der Waals surface area contributed by atoms with Crippen molar-refractivity contribution in [2.75, 3.05) is 0 Å². The van der Waals surface area contributed by atoms with Crippen LogP contribution in [0.1, 0.15) is 0 Å². The molecule has 0 aromatic heterocycles. The Morgan fingerprint density at radius 1 is 1.32 bits per heavy atom. The van der Waals surface area contributed by atoms with Gasteiger partial charge in [-0.2, -0.15) is 8.42 Å². The quantitative estimate of drug-likeness (QED) is 0.509. The minimum atomic E-state index is -4.38. The molecule has 1 aromatic carbocycles. The van der Waals surface area contributed by atoms with Crippen LogP contribution in [0.5, 0.6) is 5.75 Å². The van der Waals surface area contributed by atoms with E-state index in [0.29, 0.717) is 0 Å². The van der Waals surface area contributed by atoms with Gasteiger partial charge >= 0.3 is 21.0 Å². The van der Waals surface area contributed by atoms with Crippen LogP contribution in [-0.4, -0.2) is 19.4 Å². The summed E-state index contributed by atoms with van der Waals surface area (Å²) in [7, 11) is 0.356. The van der Waals surface area contributed by atoms with Crippen LogP contribution in [0.2, 0.25) is 10.0 Å². The number of halogens is 3. The molecule has 0 unspecified atom stereocenters. The van der Waals surface area contributed by atoms with Crippen LogP contribution in [0.15, 0.2) is 12.1 Å². The largest absolute Gasteiger partial charge is 0.427 e. The standard InChI is InChI=1S/C7H3Cl3N2O6S/c8-3-1-5(12(14)15)6(2-4(3)9)18-7(13)11-19(10,16)17/h1-2H,(H,11,13). The first kappa shape index (κ1) is 15.8. The van der Waals surface area contributed by atoms with Gasteiger partial charge in [-0.05, 0) is 0 Å². The van der Waals surface area contributed by atoms with Gasteiger partial charge in [-0.15, -0.1) is 0 Å². The van der Waals surface area contributed by atoms with Crippen molar-refractivity contribution in [2.45, 2.75) is 0 Å². The van der Waals surface area contributed by atoms with E-state index >= 15 is 0 Å². The number of hydrogen-bond donors (Lipinski definition) is 1. The van der Waals surface area contributed by atoms with Crippen LogP contribution in [0, 0.1) is 10.1 Å². The van der Waals surface area contributed by atoms with Crippen molar-refractivity contribution < 1.29 is 22.9 Å². The number of nitrogens with one attached hydrogen (secondary N) is 1. The lowest BCUT2D eigenvalue weighted by Crippen LogP contribution is -2.29. The Morgan fingerprint density at radius 2 is 1.84 bits per heavy atom. The van der Waals surface area contributed by atoms with Gasteiger partial charge in [-0.1, -0.05) is 23.2 Å². The molecule has 0 aliphatic heterocycles. The fourth-order valence-electron chi connectivity index (χ4n) is 0.963. The SMILES string of the molecule is O=C(NS(=O)(=O)Cl)Oc1cc(Cl)c(Cl)cc1[N+](=O)[O-]. The zero-order chi connectivity index (χ0) is 14.8. The summed E-state index contributed by atoms with van der Waals surface area (Å²) in [4.78, 5) is 20.9. The highest BCUT2D eigenvalue weighted by molar-refractivity contribution is 8.12. The van der Waals surface area contributed by atoms with Crippen molar-refractivity contribution in [3.63, 3.8) is 0 Å². The first-order chi connectivity index (χ1) is 8.60. The molecule has 0 saturated carbocycles. The summed E-state index contributed by atoms with van der Waals surface area (Å²) >= 11 is 11.2. The minimum absolute atomic E-state index is 0.121. The maximum atomic E-state index is 11.1. The monoisotopic (exact) mass is 348 g/mol. The van der Waals surface area contributed by atoms with E-state index in [1.54, 1.807) is 0 Å². The third kappa shape index (κ3) is 4.71. The van der Waals surface area contributed by atoms with E-state index in [2.05, 4.69) is 4.74 Å². The lowest BCUT2D eigenvalue weighted by Gasteiger charge is -2.06. The van der Waals surface area contributed by atoms with Gasteiger partial charge in [-0.25, -0.2) is 9.52 Å². The molecule has 0 spiro atoms. The molecule has 0 atom stereocenters. The summed E-state index contributed by atoms with van der Waals surface area (Å²) in [6.45, 7) is 0. The Kier molecular flexibility index (Phi) is 4.80. The number of rotatable bonds is 3. The maximum absolute atomic E-state index is 11.1. The summed E-state index contributed by atoms with van der Waals surface area (Å²) < 4.78 is 26.8. The van der Waals surface area contributed by atoms with Crippen LogP contribution < -0.4 is 9.46 Å². The second kappa shape index (κ2) is 5.78. The molecule has 1 amide bonds. The number of carbonyl (C=O) groups excluding carboxylic acids is 1. The highest BCUT2D eigenvalue weighted by Gasteiger charge is 2.22. The van der Waals surface area contributed by atoms with E-state index in [4.69, 9.17) is 33.9 Å². The smallest absolute Gasteiger partial charge is 0.402 e. The van der Waals surface area contributed by atoms with Gasteiger partial charge in [0.2, 0.25) is 5.75 Å². The molecule has 1 N–H and O–H groups in total. The normalized spacial score (nSPS) is 10.9. The first-order valence-corrected chi connectivity index (χ1v) is 7.24. The molecule has 0 aliphatic rings. The van der Waals surface area contributed by atoms with Gasteiger partial charge < -0.3 is 4.74 Å². The zero-order valence-electron chi connectivity index (χ0n) is 8.59. The van der Waals surface area contributed by atoms with Gasteiger partial charge in [0.05, 0.1) is 15.0 Å². The third-order valence-corrected chi connectivity index (χ3v) is 2.97. The molecule has 0 radical (unpaired) electrons. The molecule has 19 heavy (non-hydrogen) atoms. The van der Waals surface area contributed by atoms with Gasteiger partial charge in [0.15, 0.2) is 0 Å². The van der Waals surface area contributed by atoms with Gasteiger partial charge in [-0.3, -0.25) is 10.1 Å². The zero-order valence-corrected chi connectivity index (χ0v) is 11.7. The Morgan fingerprint density at radius 3 is 2.32 bits per heavy atom. The molecule has 0 saturated heterocycles. The predicted octanol–water partition coefficient (Wildman–Crippen LogP) is 2.47. The molecule has 0 bridgehead atoms. The van der Waals surface area contributed by atoms with Crippen molar-refractivity contribution in [1.29, 1.82) is 0 Å². The van der Waals surface area contributed by atoms with Gasteiger partial charge in [0, 0.05) is 22.8 Å². The minimum Gasteiger partial charge on any atom is -0.402 e. The highest BCUT2D eigenvalue weighted by atomic mass is 35.7. The van der Waals surface area contributed by atoms with E-state index in [1.807, 2.05) is 0 Å². The van der Waals surface area contributed by atoms with Crippen molar-refractivity contribution >= 4 is 54.9 Å². The van der Waals surface area contributed by atoms with E-state index in [-0.39, 0.29) is 10.0 Å². The fourth-order valence-corrected chi connectivity index (χ4v) is 1.70. The summed E-state index contributed by atoms with van der Waals surface area (Å²) in [5.41, 5.74) is -0.670. The Bertz CT molecular complexity index is 646. The number of nitro benzene ring substituents is 1. The third-order valence-electron chi connectivity index (χ3n) is 1.61. The second-order valence-electron chi connectivity index (χ2n) is 2.92. The first-order valence-electron chi connectivity index (χ1n) is 4.18. The van der Waals surface area contributed by atoms with Crippen LogP contribution in [0.3, 0.4) is 0 Å². The average Bonchev–Trinajstić information content (AvgIpc) is 2.19. The maximum Gasteiger partial charge on any atom is 0.427 e. The van der Waals surface area contributed by atoms with Crippen LogP contribution in [0.25, 0.3) is 0 Å². The molecule has 104 valence electrons. The molecule has 1 rings (SSSR count). The number of carbonyl (C=O) groups is 1. The average molecular weight is 350 g/mol. The highest BCUT2D eigenvalue weighted by Crippen LogP contribution is 2.35. The predicted molar refractivity (Wildman–Crippen MR) is 67.0 cm³/mol. The van der Waals surface area contributed by atoms with Gasteiger partial charge in [0.1, 0.15) is 0 Å². The summed E-state index contributed by atoms with van der Waals surface area (Å²) in [5, 5.41) is 10.4. The molecule has 0 fully saturated rings. The Hall–Kier alpha value is -1.29. The van der Waals surface area contributed by atoms with E-state index in [0.717, 1.165) is 12.1 Å². The van der Waals surface area contributed by atoms with Crippen LogP contribution in [0.4, 0.5) is 10.5 Å². The number of nitrogens with zero attached hydrogens (tertiary/aromatic N) is 1. The van der Waals surface area contributed by atoms with Crippen molar-refractivity contribution in [3.05, 3.63) is 32.3 Å². The molecule has 1 aromatic rings. The van der Waals surface area contributed by atoms with Crippen molar-refractivity contribution in [1.82, 2.24) is 4.72 Å². The lowest BCUT2D eigenvalue weighted by atomic mass is 10.3. The number of amides is 1. The molecule has 8 nitrogen and oxygen atoms in total. The molecular weight excluding hydrogens is 347 g/mol. The van der Waals surface area contributed by atoms with Crippen LogP contribution >= 0.6 is 33.9 Å². The van der Waals surface area contributed by atoms with Crippen molar-refractivity contribution in [2.24, 2.45) is 0 Å². The molecular formula is C7H3Cl3N2O6S. The summed E-state index contributed by atoms with van der Waals surface area (Å²) in [5.74, 6) is -0.586. The Balaban J connectivity index is 3.10. The number of nitro groups is 1. The summed E-state index contributed by atoms with van der Waals surface area (Å²) in [6.07, 6.45) is -1.53. The van der Waals surface area contributed by atoms with E-state index < -0.39 is 31.7 Å². The Labute approximate surface area is 120 Å². The molecule has 0 heterocycles. The van der Waals surface area contributed by atoms with E-state index in [1.165, 1.54) is 4.72 Å². The van der Waals surface area contributed by atoms with Crippen molar-refractivity contribution in [3.8, 4) is 5.75 Å². The second-order valence-corrected chi connectivity index (χ2v) is 6.03. The molecule has 0 aliphatic carbocycles. The molecule has 12 heteroatoms. The topological polar surface area (TPSA) is 116 Å². The van der Waals surface area contributed by atoms with Crippen LogP contribution in [-0.2, 0) is 9.24 Å². The van der Waals surface area contributed by atoms with Gasteiger partial charge in [0.25, 0.3) is 0 Å². The lowest BCUT2D eigenvalue weighted by molar-refractivity contribution is -0.385. The fraction of sp³-hybridized carbons (Fsp3) is 0. The number of ether oxygens (including phenoxy) is 1. The van der Waals surface area contributed by atoms with E-state index in [9.17, 15) is 23.3 Å².